The van der Waals surface area contributed by atoms with Gasteiger partial charge in [0.15, 0.2) is 0 Å². The molecule has 6 nitrogen and oxygen atoms in total. The summed E-state index contributed by atoms with van der Waals surface area (Å²) in [6.07, 6.45) is 0. The van der Waals surface area contributed by atoms with Crippen LogP contribution in [0.1, 0.15) is 25.0 Å². The summed E-state index contributed by atoms with van der Waals surface area (Å²) in [5.74, 6) is 0.547. The molecule has 0 atom stereocenters. The number of aromatic hydroxyl groups is 2. The van der Waals surface area contributed by atoms with Gasteiger partial charge < -0.3 is 24.9 Å². The maximum Gasteiger partial charge on any atom is 0.466 e. The molecule has 0 saturated heterocycles. The zero-order valence-electron chi connectivity index (χ0n) is 19.0. The fourth-order valence-corrected chi connectivity index (χ4v) is 3.18. The molecule has 7 heteroatoms. The Morgan fingerprint density at radius 2 is 0.794 bits per heavy atom. The van der Waals surface area contributed by atoms with E-state index in [2.05, 4.69) is 62.4 Å². The highest BCUT2D eigenvalue weighted by atomic mass is 31.2. The van der Waals surface area contributed by atoms with Crippen LogP contribution in [-0.2, 0) is 9.98 Å². The summed E-state index contributed by atoms with van der Waals surface area (Å²) in [5.41, 5.74) is 4.65. The van der Waals surface area contributed by atoms with Gasteiger partial charge in [-0.15, -0.1) is 0 Å². The zero-order valence-corrected chi connectivity index (χ0v) is 19.9. The minimum atomic E-state index is -4.64. The lowest BCUT2D eigenvalue weighted by molar-refractivity contribution is 0.275. The molecular weight excluding hydrogens is 451 g/mol. The quantitative estimate of drug-likeness (QED) is 0.235. The van der Waals surface area contributed by atoms with Crippen LogP contribution in [0, 0.1) is 0 Å². The molecule has 0 unspecified atom stereocenters. The van der Waals surface area contributed by atoms with Crippen molar-refractivity contribution >= 4 is 7.82 Å². The van der Waals surface area contributed by atoms with Gasteiger partial charge in [0.1, 0.15) is 11.5 Å². The summed E-state index contributed by atoms with van der Waals surface area (Å²) >= 11 is 0. The molecular formula is C27H29O6P. The maximum absolute atomic E-state index is 9.30. The molecule has 0 saturated carbocycles. The van der Waals surface area contributed by atoms with E-state index >= 15 is 0 Å². The van der Waals surface area contributed by atoms with E-state index < -0.39 is 7.82 Å². The Morgan fingerprint density at radius 1 is 0.529 bits per heavy atom. The molecule has 4 rings (SSSR count). The largest absolute Gasteiger partial charge is 0.508 e. The number of phosphoric acid groups is 1. The fraction of sp³-hybridized carbons (Fsp3) is 0.111. The Balaban J connectivity index is 0.000000209. The molecule has 0 amide bonds. The lowest BCUT2D eigenvalue weighted by Crippen LogP contribution is -2.18. The first-order valence-corrected chi connectivity index (χ1v) is 12.0. The van der Waals surface area contributed by atoms with Crippen LogP contribution in [0.4, 0.5) is 0 Å². The van der Waals surface area contributed by atoms with Gasteiger partial charge in [0.25, 0.3) is 0 Å². The van der Waals surface area contributed by atoms with Crippen molar-refractivity contribution in [1.82, 2.24) is 0 Å². The molecule has 0 aliphatic rings. The normalized spacial score (nSPS) is 10.9. The van der Waals surface area contributed by atoms with Crippen molar-refractivity contribution in [2.24, 2.45) is 0 Å². The van der Waals surface area contributed by atoms with Gasteiger partial charge >= 0.3 is 7.82 Å². The molecule has 0 bridgehead atoms. The monoisotopic (exact) mass is 480 g/mol. The van der Waals surface area contributed by atoms with Crippen molar-refractivity contribution in [2.45, 2.75) is 19.3 Å². The van der Waals surface area contributed by atoms with Crippen LogP contribution in [0.2, 0.25) is 0 Å². The van der Waals surface area contributed by atoms with Crippen LogP contribution in [0.15, 0.2) is 109 Å². The lowest BCUT2D eigenvalue weighted by Gasteiger charge is -2.26. The second-order valence-corrected chi connectivity index (χ2v) is 8.99. The number of phenols is 2. The van der Waals surface area contributed by atoms with Crippen LogP contribution >= 0.6 is 7.82 Å². The molecule has 0 radical (unpaired) electrons. The number of hydrogen-bond donors (Lipinski definition) is 5. The first-order valence-electron chi connectivity index (χ1n) is 10.4. The molecule has 178 valence electrons. The highest BCUT2D eigenvalue weighted by molar-refractivity contribution is 7.45. The van der Waals surface area contributed by atoms with E-state index in [1.165, 1.54) is 11.1 Å². The molecule has 0 spiro atoms. The molecule has 0 aliphatic carbocycles. The Morgan fingerprint density at radius 3 is 1.06 bits per heavy atom. The van der Waals surface area contributed by atoms with Gasteiger partial charge in [0.05, 0.1) is 0 Å². The fourth-order valence-electron chi connectivity index (χ4n) is 3.18. The maximum atomic E-state index is 9.30. The highest BCUT2D eigenvalue weighted by Gasteiger charge is 2.22. The van der Waals surface area contributed by atoms with Gasteiger partial charge in [-0.3, -0.25) is 0 Å². The van der Waals surface area contributed by atoms with Crippen LogP contribution in [0.5, 0.6) is 11.5 Å². The zero-order chi connectivity index (χ0) is 25.2. The van der Waals surface area contributed by atoms with E-state index in [1.807, 2.05) is 36.4 Å². The number of benzene rings is 4. The van der Waals surface area contributed by atoms with Crippen molar-refractivity contribution < 1.29 is 29.5 Å². The Hall–Kier alpha value is -3.41. The Labute approximate surface area is 199 Å². The highest BCUT2D eigenvalue weighted by Crippen LogP contribution is 2.33. The van der Waals surface area contributed by atoms with E-state index in [-0.39, 0.29) is 16.9 Å². The standard InChI is InChI=1S/C15H16O2.C12H10.H3O4P/c1-15(2,11-3-7-13(16)8-4-11)12-5-9-14(17)10-6-12;1-3-7-11(8-4-1)12-9-5-2-6-10-12;1-5(2,3)4/h3-10,16-17H,1-2H3;1-10H;(H3,1,2,3,4). The van der Waals surface area contributed by atoms with Crippen molar-refractivity contribution in [3.05, 3.63) is 120 Å². The van der Waals surface area contributed by atoms with E-state index in [0.29, 0.717) is 0 Å². The third-order valence-electron chi connectivity index (χ3n) is 5.06. The van der Waals surface area contributed by atoms with Crippen LogP contribution in [-0.4, -0.2) is 24.9 Å². The molecule has 4 aromatic rings. The molecule has 5 N–H and O–H groups in total. The first kappa shape index (κ1) is 26.8. The van der Waals surface area contributed by atoms with Crippen molar-refractivity contribution in [2.75, 3.05) is 0 Å². The Bertz CT molecular complexity index is 1080. The predicted octanol–water partition coefficient (Wildman–Crippen LogP) is 5.85. The first-order chi connectivity index (χ1) is 16.0. The summed E-state index contributed by atoms with van der Waals surface area (Å²) in [5, 5.41) is 18.6. The van der Waals surface area contributed by atoms with Crippen LogP contribution in [0.3, 0.4) is 0 Å². The molecule has 0 aliphatic heterocycles. The van der Waals surface area contributed by atoms with Gasteiger partial charge in [0.2, 0.25) is 0 Å². The SMILES string of the molecule is CC(C)(c1ccc(O)cc1)c1ccc(O)cc1.O=P(O)(O)O.c1ccc(-c2ccccc2)cc1. The minimum Gasteiger partial charge on any atom is -0.508 e. The van der Waals surface area contributed by atoms with Crippen molar-refractivity contribution in [1.29, 1.82) is 0 Å². The molecule has 0 heterocycles. The van der Waals surface area contributed by atoms with Gasteiger partial charge in [-0.2, -0.15) is 0 Å². The summed E-state index contributed by atoms with van der Waals surface area (Å²) in [4.78, 5) is 21.6. The number of phenolic OH excluding ortho intramolecular Hbond substituents is 2. The third kappa shape index (κ3) is 9.22. The molecule has 4 aromatic carbocycles. The molecule has 0 fully saturated rings. The van der Waals surface area contributed by atoms with Gasteiger partial charge in [0, 0.05) is 5.41 Å². The molecule has 34 heavy (non-hydrogen) atoms. The van der Waals surface area contributed by atoms with Crippen LogP contribution in [0.25, 0.3) is 11.1 Å². The average Bonchev–Trinajstić information content (AvgIpc) is 2.80. The second-order valence-electron chi connectivity index (χ2n) is 7.96. The van der Waals surface area contributed by atoms with Crippen LogP contribution < -0.4 is 0 Å². The van der Waals surface area contributed by atoms with E-state index in [1.54, 1.807) is 24.3 Å². The van der Waals surface area contributed by atoms with Gasteiger partial charge in [-0.1, -0.05) is 98.8 Å². The third-order valence-corrected chi connectivity index (χ3v) is 5.06. The van der Waals surface area contributed by atoms with Gasteiger partial charge in [-0.25, -0.2) is 4.57 Å². The smallest absolute Gasteiger partial charge is 0.466 e. The lowest BCUT2D eigenvalue weighted by atomic mass is 9.78. The van der Waals surface area contributed by atoms with Crippen molar-refractivity contribution in [3.8, 4) is 22.6 Å². The minimum absolute atomic E-state index is 0.151. The average molecular weight is 480 g/mol. The summed E-state index contributed by atoms with van der Waals surface area (Å²) < 4.78 is 8.88. The summed E-state index contributed by atoms with van der Waals surface area (Å²) in [7, 11) is -4.64. The van der Waals surface area contributed by atoms with Gasteiger partial charge in [-0.05, 0) is 46.5 Å². The topological polar surface area (TPSA) is 118 Å². The van der Waals surface area contributed by atoms with Crippen molar-refractivity contribution in [3.63, 3.8) is 0 Å². The number of hydrogen-bond acceptors (Lipinski definition) is 3. The summed E-state index contributed by atoms with van der Waals surface area (Å²) in [6, 6.07) is 35.2. The Kier molecular flexibility index (Phi) is 9.60. The predicted molar refractivity (Wildman–Crippen MR) is 134 cm³/mol. The van der Waals surface area contributed by atoms with E-state index in [9.17, 15) is 10.2 Å². The summed E-state index contributed by atoms with van der Waals surface area (Å²) in [6.45, 7) is 4.23. The van der Waals surface area contributed by atoms with E-state index in [0.717, 1.165) is 11.1 Å². The second kappa shape index (κ2) is 12.2. The number of rotatable bonds is 3. The molecule has 0 aromatic heterocycles. The van der Waals surface area contributed by atoms with E-state index in [4.69, 9.17) is 19.2 Å².